The number of hydrogen-bond donors (Lipinski definition) is 1. The van der Waals surface area contributed by atoms with Crippen molar-refractivity contribution in [1.29, 1.82) is 0 Å². The lowest BCUT2D eigenvalue weighted by Gasteiger charge is -2.18. The lowest BCUT2D eigenvalue weighted by molar-refractivity contribution is -0.139. The van der Waals surface area contributed by atoms with Crippen molar-refractivity contribution in [3.05, 3.63) is 41.0 Å². The van der Waals surface area contributed by atoms with Crippen molar-refractivity contribution in [1.82, 2.24) is 4.98 Å². The molecule has 1 aromatic heterocycles. The van der Waals surface area contributed by atoms with Crippen molar-refractivity contribution < 1.29 is 9.90 Å². The van der Waals surface area contributed by atoms with Crippen LogP contribution in [0.3, 0.4) is 0 Å². The first kappa shape index (κ1) is 12.8. The maximum absolute atomic E-state index is 11.4. The SMILES string of the molecule is CC(C)C(C(=O)O)c1ccnc2ccc(Cl)cc12. The van der Waals surface area contributed by atoms with E-state index in [0.717, 1.165) is 16.5 Å². The van der Waals surface area contributed by atoms with Crippen LogP contribution in [0.15, 0.2) is 30.5 Å². The minimum Gasteiger partial charge on any atom is -0.481 e. The van der Waals surface area contributed by atoms with E-state index in [9.17, 15) is 9.90 Å². The average Bonchev–Trinajstić information content (AvgIpc) is 2.29. The summed E-state index contributed by atoms with van der Waals surface area (Å²) in [5, 5.41) is 10.8. The van der Waals surface area contributed by atoms with Crippen LogP contribution in [0.5, 0.6) is 0 Å². The lowest BCUT2D eigenvalue weighted by Crippen LogP contribution is -2.17. The minimum atomic E-state index is -0.822. The second-order valence-corrected chi connectivity index (χ2v) is 5.06. The van der Waals surface area contributed by atoms with Crippen LogP contribution < -0.4 is 0 Å². The summed E-state index contributed by atoms with van der Waals surface area (Å²) in [4.78, 5) is 15.6. The highest BCUT2D eigenvalue weighted by Crippen LogP contribution is 2.31. The van der Waals surface area contributed by atoms with E-state index < -0.39 is 11.9 Å². The Kier molecular flexibility index (Phi) is 3.53. The van der Waals surface area contributed by atoms with E-state index in [-0.39, 0.29) is 5.92 Å². The van der Waals surface area contributed by atoms with Gasteiger partial charge in [0.15, 0.2) is 0 Å². The van der Waals surface area contributed by atoms with Crippen LogP contribution in [-0.4, -0.2) is 16.1 Å². The van der Waals surface area contributed by atoms with Crippen molar-refractivity contribution in [2.75, 3.05) is 0 Å². The first-order valence-electron chi connectivity index (χ1n) is 5.77. The molecule has 2 rings (SSSR count). The second kappa shape index (κ2) is 4.94. The number of benzene rings is 1. The van der Waals surface area contributed by atoms with Crippen LogP contribution in [0, 0.1) is 5.92 Å². The number of halogens is 1. The molecule has 3 nitrogen and oxygen atoms in total. The fourth-order valence-electron chi connectivity index (χ4n) is 2.19. The highest BCUT2D eigenvalue weighted by Gasteiger charge is 2.25. The van der Waals surface area contributed by atoms with Crippen molar-refractivity contribution in [3.63, 3.8) is 0 Å². The number of rotatable bonds is 3. The highest BCUT2D eigenvalue weighted by molar-refractivity contribution is 6.31. The molecule has 0 radical (unpaired) electrons. The molecule has 0 spiro atoms. The van der Waals surface area contributed by atoms with E-state index in [4.69, 9.17) is 11.6 Å². The highest BCUT2D eigenvalue weighted by atomic mass is 35.5. The molecule has 0 aliphatic heterocycles. The number of carbonyl (C=O) groups is 1. The number of aliphatic carboxylic acids is 1. The first-order chi connectivity index (χ1) is 8.50. The van der Waals surface area contributed by atoms with Crippen LogP contribution in [-0.2, 0) is 4.79 Å². The van der Waals surface area contributed by atoms with E-state index >= 15 is 0 Å². The molecule has 0 saturated carbocycles. The number of carboxylic acid groups (broad SMARTS) is 1. The first-order valence-corrected chi connectivity index (χ1v) is 6.15. The van der Waals surface area contributed by atoms with E-state index in [1.807, 2.05) is 13.8 Å². The van der Waals surface area contributed by atoms with Crippen LogP contribution in [0.4, 0.5) is 0 Å². The van der Waals surface area contributed by atoms with Crippen LogP contribution >= 0.6 is 11.6 Å². The molecular formula is C14H14ClNO2. The van der Waals surface area contributed by atoms with Crippen molar-refractivity contribution in [3.8, 4) is 0 Å². The molecule has 4 heteroatoms. The molecule has 0 bridgehead atoms. The predicted octanol–water partition coefficient (Wildman–Crippen LogP) is 3.71. The zero-order valence-corrected chi connectivity index (χ0v) is 11.0. The number of fused-ring (bicyclic) bond motifs is 1. The van der Waals surface area contributed by atoms with Crippen LogP contribution in [0.1, 0.15) is 25.3 Å². The third-order valence-electron chi connectivity index (χ3n) is 3.01. The Hall–Kier alpha value is -1.61. The van der Waals surface area contributed by atoms with Gasteiger partial charge in [0.2, 0.25) is 0 Å². The molecule has 0 fully saturated rings. The fraction of sp³-hybridized carbons (Fsp3) is 0.286. The summed E-state index contributed by atoms with van der Waals surface area (Å²) >= 11 is 5.98. The van der Waals surface area contributed by atoms with Crippen molar-refractivity contribution in [2.45, 2.75) is 19.8 Å². The Bertz CT molecular complexity index is 595. The topological polar surface area (TPSA) is 50.2 Å². The molecule has 1 unspecified atom stereocenters. The molecule has 0 aliphatic carbocycles. The molecule has 0 saturated heterocycles. The molecule has 18 heavy (non-hydrogen) atoms. The Labute approximate surface area is 110 Å². The molecular weight excluding hydrogens is 250 g/mol. The third-order valence-corrected chi connectivity index (χ3v) is 3.24. The van der Waals surface area contributed by atoms with Gasteiger partial charge in [-0.2, -0.15) is 0 Å². The summed E-state index contributed by atoms with van der Waals surface area (Å²) in [6.07, 6.45) is 1.64. The van der Waals surface area contributed by atoms with Gasteiger partial charge in [-0.1, -0.05) is 25.4 Å². The zero-order chi connectivity index (χ0) is 13.3. The molecule has 0 amide bonds. The zero-order valence-electron chi connectivity index (χ0n) is 10.2. The molecule has 94 valence electrons. The Morgan fingerprint density at radius 1 is 1.33 bits per heavy atom. The number of nitrogens with zero attached hydrogens (tertiary/aromatic N) is 1. The number of carboxylic acids is 1. The smallest absolute Gasteiger partial charge is 0.311 e. The van der Waals surface area contributed by atoms with E-state index in [0.29, 0.717) is 5.02 Å². The number of pyridine rings is 1. The summed E-state index contributed by atoms with van der Waals surface area (Å²) < 4.78 is 0. The summed E-state index contributed by atoms with van der Waals surface area (Å²) in [7, 11) is 0. The van der Waals surface area contributed by atoms with Gasteiger partial charge < -0.3 is 5.11 Å². The quantitative estimate of drug-likeness (QED) is 0.918. The van der Waals surface area contributed by atoms with Gasteiger partial charge in [-0.25, -0.2) is 0 Å². The number of hydrogen-bond acceptors (Lipinski definition) is 2. The van der Waals surface area contributed by atoms with Gasteiger partial charge in [0, 0.05) is 16.6 Å². The minimum absolute atomic E-state index is 0.00656. The Balaban J connectivity index is 2.69. The van der Waals surface area contributed by atoms with Crippen LogP contribution in [0.25, 0.3) is 10.9 Å². The van der Waals surface area contributed by atoms with Gasteiger partial charge in [0.05, 0.1) is 11.4 Å². The van der Waals surface area contributed by atoms with Crippen molar-refractivity contribution >= 4 is 28.5 Å². The number of aromatic nitrogens is 1. The van der Waals surface area contributed by atoms with E-state index in [2.05, 4.69) is 4.98 Å². The fourth-order valence-corrected chi connectivity index (χ4v) is 2.36. The van der Waals surface area contributed by atoms with Gasteiger partial charge in [-0.3, -0.25) is 9.78 Å². The van der Waals surface area contributed by atoms with Gasteiger partial charge >= 0.3 is 5.97 Å². The predicted molar refractivity (Wildman–Crippen MR) is 72.0 cm³/mol. The second-order valence-electron chi connectivity index (χ2n) is 4.62. The maximum atomic E-state index is 11.4. The largest absolute Gasteiger partial charge is 0.481 e. The summed E-state index contributed by atoms with van der Waals surface area (Å²) in [6, 6.07) is 7.10. The average molecular weight is 264 g/mol. The standard InChI is InChI=1S/C14H14ClNO2/c1-8(2)13(14(17)18)10-5-6-16-12-4-3-9(15)7-11(10)12/h3-8,13H,1-2H3,(H,17,18). The lowest BCUT2D eigenvalue weighted by atomic mass is 9.87. The van der Waals surface area contributed by atoms with E-state index in [1.54, 1.807) is 30.5 Å². The Morgan fingerprint density at radius 3 is 2.67 bits per heavy atom. The molecule has 1 N–H and O–H groups in total. The Morgan fingerprint density at radius 2 is 2.06 bits per heavy atom. The summed E-state index contributed by atoms with van der Waals surface area (Å²) in [6.45, 7) is 3.80. The van der Waals surface area contributed by atoms with Gasteiger partial charge in [-0.15, -0.1) is 0 Å². The van der Waals surface area contributed by atoms with Crippen molar-refractivity contribution in [2.24, 2.45) is 5.92 Å². The van der Waals surface area contributed by atoms with Crippen LogP contribution in [0.2, 0.25) is 5.02 Å². The molecule has 1 aromatic carbocycles. The maximum Gasteiger partial charge on any atom is 0.311 e. The van der Waals surface area contributed by atoms with Gasteiger partial charge in [0.1, 0.15) is 0 Å². The van der Waals surface area contributed by atoms with E-state index in [1.165, 1.54) is 0 Å². The molecule has 0 aliphatic rings. The third kappa shape index (κ3) is 2.31. The van der Waals surface area contributed by atoms with Gasteiger partial charge in [-0.05, 0) is 35.7 Å². The molecule has 1 heterocycles. The normalized spacial score (nSPS) is 12.9. The summed E-state index contributed by atoms with van der Waals surface area (Å²) in [5.74, 6) is -1.36. The molecule has 2 aromatic rings. The summed E-state index contributed by atoms with van der Waals surface area (Å²) in [5.41, 5.74) is 1.54. The monoisotopic (exact) mass is 263 g/mol. The van der Waals surface area contributed by atoms with Gasteiger partial charge in [0.25, 0.3) is 0 Å². The molecule has 1 atom stereocenters.